The molecule has 0 aliphatic rings. The summed E-state index contributed by atoms with van der Waals surface area (Å²) in [6, 6.07) is 9.82. The van der Waals surface area contributed by atoms with Gasteiger partial charge in [-0.05, 0) is 18.6 Å². The lowest BCUT2D eigenvalue weighted by molar-refractivity contribution is 0.196. The van der Waals surface area contributed by atoms with Crippen LogP contribution in [0.3, 0.4) is 0 Å². The maximum Gasteiger partial charge on any atom is 0.101 e. The largest absolute Gasteiger partial charge is 0.385 e. The highest BCUT2D eigenvalue weighted by Crippen LogP contribution is 2.17. The molecule has 1 aromatic rings. The van der Waals surface area contributed by atoms with Crippen molar-refractivity contribution in [1.29, 1.82) is 5.26 Å². The predicted octanol–water partition coefficient (Wildman–Crippen LogP) is 2.03. The van der Waals surface area contributed by atoms with Gasteiger partial charge in [0.15, 0.2) is 0 Å². The zero-order chi connectivity index (χ0) is 11.1. The zero-order valence-electron chi connectivity index (χ0n) is 9.23. The summed E-state index contributed by atoms with van der Waals surface area (Å²) in [7, 11) is 3.69. The van der Waals surface area contributed by atoms with E-state index >= 15 is 0 Å². The van der Waals surface area contributed by atoms with Gasteiger partial charge in [0.05, 0.1) is 11.3 Å². The number of hydrogen-bond acceptors (Lipinski definition) is 3. The highest BCUT2D eigenvalue weighted by molar-refractivity contribution is 5.58. The van der Waals surface area contributed by atoms with Gasteiger partial charge < -0.3 is 9.64 Å². The minimum Gasteiger partial charge on any atom is -0.385 e. The molecule has 0 saturated heterocycles. The summed E-state index contributed by atoms with van der Waals surface area (Å²) in [5.41, 5.74) is 1.70. The number of anilines is 1. The fourth-order valence-corrected chi connectivity index (χ4v) is 1.47. The molecule has 0 spiro atoms. The molecule has 80 valence electrons. The number of nitrogens with zero attached hydrogens (tertiary/aromatic N) is 2. The molecular weight excluding hydrogens is 188 g/mol. The molecule has 3 nitrogen and oxygen atoms in total. The normalized spacial score (nSPS) is 9.67. The van der Waals surface area contributed by atoms with E-state index in [9.17, 15) is 0 Å². The van der Waals surface area contributed by atoms with Gasteiger partial charge in [-0.1, -0.05) is 12.1 Å². The molecule has 0 aliphatic carbocycles. The summed E-state index contributed by atoms with van der Waals surface area (Å²) in [5, 5.41) is 8.94. The molecule has 0 saturated carbocycles. The number of nitriles is 1. The van der Waals surface area contributed by atoms with Crippen molar-refractivity contribution >= 4 is 5.69 Å². The molecule has 0 fully saturated rings. The van der Waals surface area contributed by atoms with Crippen molar-refractivity contribution in [2.45, 2.75) is 6.42 Å². The van der Waals surface area contributed by atoms with Crippen LogP contribution in [0.25, 0.3) is 0 Å². The number of para-hydroxylation sites is 1. The smallest absolute Gasteiger partial charge is 0.101 e. The Kier molecular flexibility index (Phi) is 4.65. The molecule has 0 aromatic heterocycles. The molecule has 0 unspecified atom stereocenters. The number of hydrogen-bond donors (Lipinski definition) is 0. The van der Waals surface area contributed by atoms with Crippen molar-refractivity contribution in [2.24, 2.45) is 0 Å². The van der Waals surface area contributed by atoms with Crippen LogP contribution in [-0.2, 0) is 4.74 Å². The van der Waals surface area contributed by atoms with Crippen molar-refractivity contribution < 1.29 is 4.74 Å². The first-order valence-electron chi connectivity index (χ1n) is 4.98. The second-order valence-electron chi connectivity index (χ2n) is 3.40. The molecule has 1 aromatic carbocycles. The first-order chi connectivity index (χ1) is 7.29. The Balaban J connectivity index is 2.65. The van der Waals surface area contributed by atoms with Crippen LogP contribution in [0, 0.1) is 11.3 Å². The van der Waals surface area contributed by atoms with Gasteiger partial charge in [-0.15, -0.1) is 0 Å². The third kappa shape index (κ3) is 3.26. The van der Waals surface area contributed by atoms with Gasteiger partial charge in [0.25, 0.3) is 0 Å². The summed E-state index contributed by atoms with van der Waals surface area (Å²) in [5.74, 6) is 0. The topological polar surface area (TPSA) is 36.3 Å². The SMILES string of the molecule is COCCCN(C)c1ccccc1C#N. The lowest BCUT2D eigenvalue weighted by atomic mass is 10.2. The first kappa shape index (κ1) is 11.5. The van der Waals surface area contributed by atoms with Gasteiger partial charge in [-0.3, -0.25) is 0 Å². The molecule has 0 bridgehead atoms. The van der Waals surface area contributed by atoms with Gasteiger partial charge in [0, 0.05) is 27.3 Å². The minimum absolute atomic E-state index is 0.720. The van der Waals surface area contributed by atoms with E-state index in [4.69, 9.17) is 10.00 Å². The second-order valence-corrected chi connectivity index (χ2v) is 3.40. The van der Waals surface area contributed by atoms with Crippen molar-refractivity contribution in [1.82, 2.24) is 0 Å². The van der Waals surface area contributed by atoms with E-state index in [2.05, 4.69) is 11.0 Å². The molecule has 1 rings (SSSR count). The van der Waals surface area contributed by atoms with E-state index in [1.54, 1.807) is 7.11 Å². The van der Waals surface area contributed by atoms with E-state index in [1.807, 2.05) is 31.3 Å². The molecule has 0 N–H and O–H groups in total. The summed E-state index contributed by atoms with van der Waals surface area (Å²) in [6.45, 7) is 1.64. The van der Waals surface area contributed by atoms with Crippen LogP contribution in [-0.4, -0.2) is 27.3 Å². The summed E-state index contributed by atoms with van der Waals surface area (Å²) < 4.78 is 4.99. The Bertz CT molecular complexity index is 344. The predicted molar refractivity (Wildman–Crippen MR) is 60.9 cm³/mol. The lowest BCUT2D eigenvalue weighted by Gasteiger charge is -2.19. The summed E-state index contributed by atoms with van der Waals surface area (Å²) in [4.78, 5) is 2.08. The Labute approximate surface area is 90.9 Å². The van der Waals surface area contributed by atoms with Crippen molar-refractivity contribution in [3.63, 3.8) is 0 Å². The summed E-state index contributed by atoms with van der Waals surface area (Å²) >= 11 is 0. The maximum absolute atomic E-state index is 8.94. The maximum atomic E-state index is 8.94. The van der Waals surface area contributed by atoms with Crippen molar-refractivity contribution in [3.05, 3.63) is 29.8 Å². The molecule has 0 radical (unpaired) electrons. The minimum atomic E-state index is 0.720. The van der Waals surface area contributed by atoms with Crippen LogP contribution in [0.15, 0.2) is 24.3 Å². The first-order valence-corrected chi connectivity index (χ1v) is 4.98. The molecular formula is C12H16N2O. The average molecular weight is 204 g/mol. The lowest BCUT2D eigenvalue weighted by Crippen LogP contribution is -2.20. The van der Waals surface area contributed by atoms with Crippen LogP contribution >= 0.6 is 0 Å². The fraction of sp³-hybridized carbons (Fsp3) is 0.417. The van der Waals surface area contributed by atoms with E-state index in [1.165, 1.54) is 0 Å². The van der Waals surface area contributed by atoms with Gasteiger partial charge in [-0.25, -0.2) is 0 Å². The number of ether oxygens (including phenoxy) is 1. The van der Waals surface area contributed by atoms with E-state index in [0.717, 1.165) is 30.8 Å². The van der Waals surface area contributed by atoms with Crippen LogP contribution < -0.4 is 4.90 Å². The van der Waals surface area contributed by atoms with E-state index in [0.29, 0.717) is 0 Å². The molecule has 15 heavy (non-hydrogen) atoms. The Morgan fingerprint density at radius 1 is 1.40 bits per heavy atom. The van der Waals surface area contributed by atoms with Crippen molar-refractivity contribution in [2.75, 3.05) is 32.2 Å². The fourth-order valence-electron chi connectivity index (χ4n) is 1.47. The monoisotopic (exact) mass is 204 g/mol. The highest BCUT2D eigenvalue weighted by atomic mass is 16.5. The zero-order valence-corrected chi connectivity index (χ0v) is 9.23. The number of methoxy groups -OCH3 is 1. The molecule has 0 amide bonds. The third-order valence-electron chi connectivity index (χ3n) is 2.28. The Morgan fingerprint density at radius 2 is 2.13 bits per heavy atom. The van der Waals surface area contributed by atoms with Gasteiger partial charge in [0.2, 0.25) is 0 Å². The quantitative estimate of drug-likeness (QED) is 0.688. The average Bonchev–Trinajstić information content (AvgIpc) is 2.29. The number of benzene rings is 1. The molecule has 3 heteroatoms. The van der Waals surface area contributed by atoms with E-state index in [-0.39, 0.29) is 0 Å². The van der Waals surface area contributed by atoms with Crippen LogP contribution in [0.5, 0.6) is 0 Å². The van der Waals surface area contributed by atoms with Gasteiger partial charge in [0.1, 0.15) is 6.07 Å². The van der Waals surface area contributed by atoms with Crippen LogP contribution in [0.2, 0.25) is 0 Å². The van der Waals surface area contributed by atoms with Crippen LogP contribution in [0.1, 0.15) is 12.0 Å². The highest BCUT2D eigenvalue weighted by Gasteiger charge is 2.05. The number of rotatable bonds is 5. The van der Waals surface area contributed by atoms with Crippen LogP contribution in [0.4, 0.5) is 5.69 Å². The second kappa shape index (κ2) is 6.05. The Hall–Kier alpha value is -1.53. The third-order valence-corrected chi connectivity index (χ3v) is 2.28. The molecule has 0 heterocycles. The van der Waals surface area contributed by atoms with Gasteiger partial charge >= 0.3 is 0 Å². The van der Waals surface area contributed by atoms with Crippen molar-refractivity contribution in [3.8, 4) is 6.07 Å². The molecule has 0 aliphatic heterocycles. The standard InChI is InChI=1S/C12H16N2O/c1-14(8-5-9-15-2)12-7-4-3-6-11(12)10-13/h3-4,6-7H,5,8-9H2,1-2H3. The summed E-state index contributed by atoms with van der Waals surface area (Å²) in [6.07, 6.45) is 0.965. The van der Waals surface area contributed by atoms with E-state index < -0.39 is 0 Å². The Morgan fingerprint density at radius 3 is 2.80 bits per heavy atom. The van der Waals surface area contributed by atoms with Gasteiger partial charge in [-0.2, -0.15) is 5.26 Å². The molecule has 0 atom stereocenters.